The molecule has 3 aliphatic heterocycles. The zero-order chi connectivity index (χ0) is 13.7. The minimum absolute atomic E-state index is 0.0705. The third kappa shape index (κ3) is 1.46. The number of carbonyl (C=O) groups excluding carboxylic acids is 1. The Morgan fingerprint density at radius 1 is 1.35 bits per heavy atom. The van der Waals surface area contributed by atoms with Crippen LogP contribution in [0, 0.1) is 0 Å². The van der Waals surface area contributed by atoms with Crippen LogP contribution in [-0.4, -0.2) is 30.1 Å². The van der Waals surface area contributed by atoms with Crippen LogP contribution in [0.25, 0.3) is 0 Å². The lowest BCUT2D eigenvalue weighted by molar-refractivity contribution is 0.215. The molecular formula is C15H16N4O. The second kappa shape index (κ2) is 4.03. The maximum atomic E-state index is 11.6. The van der Waals surface area contributed by atoms with Crippen LogP contribution in [0.5, 0.6) is 0 Å². The topological polar surface area (TPSA) is 70.4 Å². The van der Waals surface area contributed by atoms with Crippen molar-refractivity contribution in [2.75, 3.05) is 13.1 Å². The Morgan fingerprint density at radius 3 is 3.10 bits per heavy atom. The smallest absolute Gasteiger partial charge is 0.319 e. The molecule has 0 radical (unpaired) electrons. The molecule has 1 aliphatic carbocycles. The van der Waals surface area contributed by atoms with E-state index in [0.29, 0.717) is 0 Å². The van der Waals surface area contributed by atoms with Crippen LogP contribution in [0.1, 0.15) is 6.42 Å². The van der Waals surface area contributed by atoms with Crippen LogP contribution in [-0.2, 0) is 0 Å². The van der Waals surface area contributed by atoms with Crippen molar-refractivity contribution in [3.63, 3.8) is 0 Å². The van der Waals surface area contributed by atoms with Crippen LogP contribution in [0.2, 0.25) is 0 Å². The lowest BCUT2D eigenvalue weighted by Gasteiger charge is -2.31. The van der Waals surface area contributed by atoms with Gasteiger partial charge < -0.3 is 16.4 Å². The summed E-state index contributed by atoms with van der Waals surface area (Å²) in [4.78, 5) is 13.3. The first-order chi connectivity index (χ1) is 9.75. The minimum atomic E-state index is -0.381. The summed E-state index contributed by atoms with van der Waals surface area (Å²) in [5, 5.41) is 6.77. The highest BCUT2D eigenvalue weighted by Crippen LogP contribution is 2.39. The van der Waals surface area contributed by atoms with Gasteiger partial charge >= 0.3 is 6.03 Å². The Labute approximate surface area is 117 Å². The van der Waals surface area contributed by atoms with Crippen molar-refractivity contribution < 1.29 is 4.79 Å². The van der Waals surface area contributed by atoms with Crippen LogP contribution in [0.15, 0.2) is 58.6 Å². The molecule has 0 aromatic rings. The maximum Gasteiger partial charge on any atom is 0.319 e. The summed E-state index contributed by atoms with van der Waals surface area (Å²) >= 11 is 0. The Hall–Kier alpha value is -2.43. The van der Waals surface area contributed by atoms with Gasteiger partial charge in [0.2, 0.25) is 0 Å². The number of primary amides is 1. The SMILES string of the molecule is NC(=O)N1C=C2C=CC3=C(CNC=C3)C3=C2C1CCN3. The van der Waals surface area contributed by atoms with Crippen molar-refractivity contribution in [2.45, 2.75) is 12.5 Å². The van der Waals surface area contributed by atoms with Crippen LogP contribution in [0.4, 0.5) is 4.79 Å². The predicted octanol–water partition coefficient (Wildman–Crippen LogP) is 0.864. The number of carbonyl (C=O) groups is 1. The number of urea groups is 1. The summed E-state index contributed by atoms with van der Waals surface area (Å²) in [6, 6.07) is -0.310. The number of nitrogens with one attached hydrogen (secondary N) is 2. The van der Waals surface area contributed by atoms with Crippen LogP contribution in [0.3, 0.4) is 0 Å². The first-order valence-electron chi connectivity index (χ1n) is 6.85. The van der Waals surface area contributed by atoms with Crippen LogP contribution < -0.4 is 16.4 Å². The Bertz CT molecular complexity index is 651. The molecule has 0 fully saturated rings. The molecule has 5 nitrogen and oxygen atoms in total. The summed E-state index contributed by atoms with van der Waals surface area (Å²) in [5.74, 6) is 0. The second-order valence-electron chi connectivity index (χ2n) is 5.33. The monoisotopic (exact) mass is 268 g/mol. The molecule has 0 saturated heterocycles. The molecule has 1 unspecified atom stereocenters. The van der Waals surface area contributed by atoms with Crippen molar-refractivity contribution in [3.8, 4) is 0 Å². The lowest BCUT2D eigenvalue weighted by atomic mass is 9.91. The Morgan fingerprint density at radius 2 is 2.25 bits per heavy atom. The number of dihydropyridines is 1. The molecule has 3 heterocycles. The normalized spacial score (nSPS) is 26.5. The fourth-order valence-corrected chi connectivity index (χ4v) is 3.36. The lowest BCUT2D eigenvalue weighted by Crippen LogP contribution is -2.43. The molecule has 1 atom stereocenters. The molecule has 0 spiro atoms. The number of allylic oxidation sites excluding steroid dienone is 4. The molecular weight excluding hydrogens is 252 g/mol. The highest BCUT2D eigenvalue weighted by Gasteiger charge is 2.38. The number of fused-ring (bicyclic) bond motifs is 1. The van der Waals surface area contributed by atoms with E-state index in [1.165, 1.54) is 16.7 Å². The number of nitrogens with zero attached hydrogens (tertiary/aromatic N) is 1. The summed E-state index contributed by atoms with van der Waals surface area (Å²) in [7, 11) is 0. The largest absolute Gasteiger partial charge is 0.387 e. The van der Waals surface area contributed by atoms with Crippen molar-refractivity contribution in [2.24, 2.45) is 5.73 Å². The minimum Gasteiger partial charge on any atom is -0.387 e. The van der Waals surface area contributed by atoms with Gasteiger partial charge in [0.25, 0.3) is 0 Å². The van der Waals surface area contributed by atoms with Gasteiger partial charge in [-0.1, -0.05) is 12.2 Å². The molecule has 20 heavy (non-hydrogen) atoms. The summed E-state index contributed by atoms with van der Waals surface area (Å²) in [6.45, 7) is 1.66. The second-order valence-corrected chi connectivity index (χ2v) is 5.33. The highest BCUT2D eigenvalue weighted by molar-refractivity contribution is 5.78. The number of hydrogen-bond donors (Lipinski definition) is 3. The van der Waals surface area contributed by atoms with Crippen molar-refractivity contribution in [1.29, 1.82) is 0 Å². The van der Waals surface area contributed by atoms with E-state index in [-0.39, 0.29) is 12.1 Å². The third-order valence-corrected chi connectivity index (χ3v) is 4.25. The molecule has 0 bridgehead atoms. The molecule has 0 aromatic heterocycles. The van der Waals surface area contributed by atoms with Gasteiger partial charge in [-0.05, 0) is 29.8 Å². The highest BCUT2D eigenvalue weighted by atomic mass is 16.2. The van der Waals surface area contributed by atoms with Gasteiger partial charge in [0, 0.05) is 36.1 Å². The van der Waals surface area contributed by atoms with Gasteiger partial charge in [0.15, 0.2) is 0 Å². The fraction of sp³-hybridized carbons (Fsp3) is 0.267. The molecule has 2 amide bonds. The van der Waals surface area contributed by atoms with Gasteiger partial charge in [-0.15, -0.1) is 0 Å². The summed E-state index contributed by atoms with van der Waals surface area (Å²) < 4.78 is 0. The van der Waals surface area contributed by atoms with Crippen LogP contribution >= 0.6 is 0 Å². The quantitative estimate of drug-likeness (QED) is 0.610. The summed E-state index contributed by atoms with van der Waals surface area (Å²) in [6.07, 6.45) is 11.0. The molecule has 5 heteroatoms. The van der Waals surface area contributed by atoms with E-state index in [2.05, 4.69) is 28.9 Å². The molecule has 4 rings (SSSR count). The zero-order valence-corrected chi connectivity index (χ0v) is 11.0. The maximum absolute atomic E-state index is 11.6. The first-order valence-corrected chi connectivity index (χ1v) is 6.85. The van der Waals surface area contributed by atoms with Gasteiger partial charge in [-0.2, -0.15) is 0 Å². The van der Waals surface area contributed by atoms with E-state index < -0.39 is 0 Å². The fourth-order valence-electron chi connectivity index (χ4n) is 3.36. The van der Waals surface area contributed by atoms with E-state index in [1.807, 2.05) is 12.4 Å². The van der Waals surface area contributed by atoms with Crippen molar-refractivity contribution >= 4 is 6.03 Å². The molecule has 4 aliphatic rings. The van der Waals surface area contributed by atoms with E-state index in [1.54, 1.807) is 4.90 Å². The van der Waals surface area contributed by atoms with Crippen molar-refractivity contribution in [1.82, 2.24) is 15.5 Å². The summed E-state index contributed by atoms with van der Waals surface area (Å²) in [5.41, 5.74) is 11.4. The number of rotatable bonds is 0. The van der Waals surface area contributed by atoms with Gasteiger partial charge in [-0.25, -0.2) is 4.79 Å². The molecule has 102 valence electrons. The average Bonchev–Trinajstić information content (AvgIpc) is 2.76. The predicted molar refractivity (Wildman–Crippen MR) is 76.2 cm³/mol. The van der Waals surface area contributed by atoms with Crippen molar-refractivity contribution in [3.05, 3.63) is 58.6 Å². The van der Waals surface area contributed by atoms with E-state index in [4.69, 9.17) is 5.73 Å². The first kappa shape index (κ1) is 11.4. The average molecular weight is 268 g/mol. The van der Waals surface area contributed by atoms with Gasteiger partial charge in [-0.3, -0.25) is 4.90 Å². The molecule has 4 N–H and O–H groups in total. The van der Waals surface area contributed by atoms with E-state index in [9.17, 15) is 4.79 Å². The number of hydrogen-bond acceptors (Lipinski definition) is 3. The van der Waals surface area contributed by atoms with Gasteiger partial charge in [0.05, 0.1) is 6.04 Å². The Balaban J connectivity index is 1.91. The van der Waals surface area contributed by atoms with Gasteiger partial charge in [0.1, 0.15) is 0 Å². The number of nitrogens with two attached hydrogens (primary N) is 1. The van der Waals surface area contributed by atoms with E-state index >= 15 is 0 Å². The standard InChI is InChI=1S/C15H16N4O/c16-15(20)19-8-10-2-1-9-3-5-17-7-11(9)14-13(10)12(19)4-6-18-14/h1-3,5,8,12,17-18H,4,6-7H2,(H2,16,20). The zero-order valence-electron chi connectivity index (χ0n) is 11.0. The molecule has 0 aromatic carbocycles. The molecule has 0 saturated carbocycles. The Kier molecular flexibility index (Phi) is 2.30. The van der Waals surface area contributed by atoms with E-state index in [0.717, 1.165) is 30.8 Å². The number of amides is 2. The third-order valence-electron chi connectivity index (χ3n) is 4.25.